The molecule has 0 saturated heterocycles. The van der Waals surface area contributed by atoms with Gasteiger partial charge in [-0.15, -0.1) is 0 Å². The number of nitrogens with zero attached hydrogens (tertiary/aromatic N) is 1. The summed E-state index contributed by atoms with van der Waals surface area (Å²) in [5, 5.41) is 0. The molecule has 1 aliphatic rings. The van der Waals surface area contributed by atoms with Crippen LogP contribution in [0.25, 0.3) is 0 Å². The van der Waals surface area contributed by atoms with Gasteiger partial charge in [0, 0.05) is 6.21 Å². The average Bonchev–Trinajstić information content (AvgIpc) is 2.97. The zero-order chi connectivity index (χ0) is 12.0. The topological polar surface area (TPSA) is 21.6 Å². The lowest BCUT2D eigenvalue weighted by molar-refractivity contribution is -0.156. The summed E-state index contributed by atoms with van der Waals surface area (Å²) in [5.41, 5.74) is -1.97. The minimum Gasteiger partial charge on any atom is -0.496 e. The largest absolute Gasteiger partial charge is 0.496 e. The van der Waals surface area contributed by atoms with Crippen LogP contribution in [-0.2, 0) is 5.54 Å². The van der Waals surface area contributed by atoms with Crippen molar-refractivity contribution in [1.82, 2.24) is 0 Å². The van der Waals surface area contributed by atoms with E-state index >= 15 is 0 Å². The van der Waals surface area contributed by atoms with Crippen molar-refractivity contribution >= 4 is 28.8 Å². The first-order valence-corrected chi connectivity index (χ1v) is 5.46. The van der Waals surface area contributed by atoms with E-state index in [1.165, 1.54) is 25.3 Å². The second-order valence-corrected chi connectivity index (χ2v) is 4.53. The van der Waals surface area contributed by atoms with Crippen molar-refractivity contribution in [2.24, 2.45) is 4.99 Å². The van der Waals surface area contributed by atoms with Crippen LogP contribution < -0.4 is 4.74 Å². The molecule has 1 aliphatic heterocycles. The van der Waals surface area contributed by atoms with Crippen LogP contribution in [0.4, 0.5) is 13.2 Å². The maximum Gasteiger partial charge on any atom is 0.422 e. The second-order valence-electron chi connectivity index (χ2n) is 3.37. The van der Waals surface area contributed by atoms with E-state index in [1.54, 1.807) is 0 Å². The van der Waals surface area contributed by atoms with Gasteiger partial charge in [-0.3, -0.25) is 4.99 Å². The normalized spacial score (nSPS) is 23.3. The second kappa shape index (κ2) is 3.61. The van der Waals surface area contributed by atoms with E-state index < -0.39 is 11.7 Å². The van der Waals surface area contributed by atoms with E-state index in [1.807, 2.05) is 22.6 Å². The molecular weight excluding hydrogens is 334 g/mol. The van der Waals surface area contributed by atoms with E-state index in [4.69, 9.17) is 4.74 Å². The first-order valence-electron chi connectivity index (χ1n) is 4.38. The SMILES string of the molecule is COc1ccc(C2(C(F)(F)F)C=N2)cc1I. The van der Waals surface area contributed by atoms with E-state index in [-0.39, 0.29) is 5.56 Å². The third-order valence-corrected chi connectivity index (χ3v) is 3.25. The molecule has 0 N–H and O–H groups in total. The van der Waals surface area contributed by atoms with E-state index in [9.17, 15) is 13.2 Å². The van der Waals surface area contributed by atoms with Gasteiger partial charge in [0.2, 0.25) is 5.54 Å². The number of ether oxygens (including phenoxy) is 1. The molecule has 0 amide bonds. The zero-order valence-electron chi connectivity index (χ0n) is 8.18. The molecule has 6 heteroatoms. The predicted molar refractivity (Wildman–Crippen MR) is 61.9 cm³/mol. The van der Waals surface area contributed by atoms with E-state index in [0.717, 1.165) is 6.21 Å². The highest BCUT2D eigenvalue weighted by Gasteiger charge is 2.61. The summed E-state index contributed by atoms with van der Waals surface area (Å²) in [6, 6.07) is 4.35. The Morgan fingerprint density at radius 2 is 2.00 bits per heavy atom. The summed E-state index contributed by atoms with van der Waals surface area (Å²) < 4.78 is 43.8. The maximum absolute atomic E-state index is 12.7. The van der Waals surface area contributed by atoms with Gasteiger partial charge in [-0.25, -0.2) is 0 Å². The maximum atomic E-state index is 12.7. The number of aliphatic imine (C=N–C) groups is 1. The number of alkyl halides is 3. The molecule has 0 bridgehead atoms. The molecule has 2 nitrogen and oxygen atoms in total. The van der Waals surface area contributed by atoms with Crippen LogP contribution in [-0.4, -0.2) is 19.5 Å². The fourth-order valence-corrected chi connectivity index (χ4v) is 2.16. The van der Waals surface area contributed by atoms with Crippen molar-refractivity contribution in [3.05, 3.63) is 27.3 Å². The Morgan fingerprint density at radius 1 is 1.38 bits per heavy atom. The lowest BCUT2D eigenvalue weighted by Crippen LogP contribution is -2.31. The van der Waals surface area contributed by atoms with Crippen molar-refractivity contribution in [2.75, 3.05) is 7.11 Å². The number of rotatable bonds is 2. The first-order chi connectivity index (χ1) is 7.40. The number of hydrogen-bond donors (Lipinski definition) is 0. The molecule has 1 aromatic rings. The van der Waals surface area contributed by atoms with E-state index in [0.29, 0.717) is 9.32 Å². The summed E-state index contributed by atoms with van der Waals surface area (Å²) in [6.45, 7) is 0. The summed E-state index contributed by atoms with van der Waals surface area (Å²) >= 11 is 1.93. The average molecular weight is 341 g/mol. The van der Waals surface area contributed by atoms with Crippen LogP contribution in [0.2, 0.25) is 0 Å². The van der Waals surface area contributed by atoms with Crippen LogP contribution in [0.15, 0.2) is 23.2 Å². The Labute approximate surface area is 104 Å². The molecule has 86 valence electrons. The van der Waals surface area contributed by atoms with Gasteiger partial charge >= 0.3 is 6.18 Å². The van der Waals surface area contributed by atoms with Crippen LogP contribution in [0.1, 0.15) is 5.56 Å². The van der Waals surface area contributed by atoms with Crippen molar-refractivity contribution in [3.8, 4) is 5.75 Å². The highest BCUT2D eigenvalue weighted by atomic mass is 127. The molecule has 0 saturated carbocycles. The number of hydrogen-bond acceptors (Lipinski definition) is 2. The molecule has 1 atom stereocenters. The van der Waals surface area contributed by atoms with Crippen LogP contribution in [0, 0.1) is 3.57 Å². The summed E-state index contributed by atoms with van der Waals surface area (Å²) in [7, 11) is 1.48. The molecule has 2 rings (SSSR count). The highest BCUT2D eigenvalue weighted by Crippen LogP contribution is 2.48. The van der Waals surface area contributed by atoms with Gasteiger partial charge in [-0.1, -0.05) is 6.07 Å². The van der Waals surface area contributed by atoms with Crippen molar-refractivity contribution in [2.45, 2.75) is 11.7 Å². The van der Waals surface area contributed by atoms with Crippen LogP contribution in [0.3, 0.4) is 0 Å². The minimum atomic E-state index is -4.37. The first kappa shape index (κ1) is 11.7. The Hall–Kier alpha value is -0.790. The Balaban J connectivity index is 2.40. The van der Waals surface area contributed by atoms with Crippen molar-refractivity contribution in [1.29, 1.82) is 0 Å². The minimum absolute atomic E-state index is 0.130. The lowest BCUT2D eigenvalue weighted by atomic mass is 9.97. The van der Waals surface area contributed by atoms with Crippen LogP contribution >= 0.6 is 22.6 Å². The molecule has 1 heterocycles. The van der Waals surface area contributed by atoms with Gasteiger partial charge in [0.05, 0.1) is 10.7 Å². The fraction of sp³-hybridized carbons (Fsp3) is 0.300. The predicted octanol–water partition coefficient (Wildman–Crippen LogP) is 3.14. The van der Waals surface area contributed by atoms with Gasteiger partial charge in [-0.05, 0) is 40.3 Å². The summed E-state index contributed by atoms with van der Waals surface area (Å²) in [6.07, 6.45) is -3.45. The molecule has 0 radical (unpaired) electrons. The third-order valence-electron chi connectivity index (χ3n) is 2.41. The van der Waals surface area contributed by atoms with E-state index in [2.05, 4.69) is 4.99 Å². The molecule has 0 aromatic heterocycles. The van der Waals surface area contributed by atoms with Gasteiger partial charge < -0.3 is 4.74 Å². The summed E-state index contributed by atoms with van der Waals surface area (Å²) in [5.74, 6) is 0.558. The van der Waals surface area contributed by atoms with Gasteiger partial charge in [0.1, 0.15) is 5.75 Å². The zero-order valence-corrected chi connectivity index (χ0v) is 10.3. The molecule has 16 heavy (non-hydrogen) atoms. The molecule has 0 aliphatic carbocycles. The Kier molecular flexibility index (Phi) is 2.64. The third kappa shape index (κ3) is 1.68. The lowest BCUT2D eigenvalue weighted by Gasteiger charge is -2.18. The highest BCUT2D eigenvalue weighted by molar-refractivity contribution is 14.1. The van der Waals surface area contributed by atoms with Gasteiger partial charge in [0.25, 0.3) is 0 Å². The molecular formula is C10H7F3INO. The monoisotopic (exact) mass is 341 g/mol. The summed E-state index contributed by atoms with van der Waals surface area (Å²) in [4.78, 5) is 3.38. The quantitative estimate of drug-likeness (QED) is 0.758. The molecule has 1 unspecified atom stereocenters. The Bertz CT molecular complexity index is 450. The van der Waals surface area contributed by atoms with Gasteiger partial charge in [0.15, 0.2) is 0 Å². The van der Waals surface area contributed by atoms with Crippen LogP contribution in [0.5, 0.6) is 5.75 Å². The van der Waals surface area contributed by atoms with Gasteiger partial charge in [-0.2, -0.15) is 13.2 Å². The Morgan fingerprint density at radius 3 is 2.38 bits per heavy atom. The number of methoxy groups -OCH3 is 1. The molecule has 1 aromatic carbocycles. The standard InChI is InChI=1S/C10H7F3INO/c1-16-8-3-2-6(4-7(8)14)9(5-15-9)10(11,12)13/h2-5H,1H3. The fourth-order valence-electron chi connectivity index (χ4n) is 1.43. The molecule has 0 fully saturated rings. The molecule has 0 spiro atoms. The van der Waals surface area contributed by atoms with Crippen molar-refractivity contribution < 1.29 is 17.9 Å². The van der Waals surface area contributed by atoms with Crippen molar-refractivity contribution in [3.63, 3.8) is 0 Å². The smallest absolute Gasteiger partial charge is 0.422 e. The number of halogens is 4. The number of benzene rings is 1.